The van der Waals surface area contributed by atoms with Crippen LogP contribution in [0.5, 0.6) is 0 Å². The predicted molar refractivity (Wildman–Crippen MR) is 84.9 cm³/mol. The monoisotopic (exact) mass is 372 g/mol. The Morgan fingerprint density at radius 2 is 1.77 bits per heavy atom. The van der Waals surface area contributed by atoms with Gasteiger partial charge in [0.25, 0.3) is 5.60 Å². The van der Waals surface area contributed by atoms with Crippen LogP contribution < -0.4 is 0 Å². The largest absolute Gasteiger partial charge is 0.469 e. The summed E-state index contributed by atoms with van der Waals surface area (Å²) in [6.45, 7) is 0. The molecule has 0 saturated carbocycles. The molecule has 142 valence electrons. The van der Waals surface area contributed by atoms with Gasteiger partial charge < -0.3 is 14.2 Å². The SMILES string of the molecule is COC(=O)C[C@H]1C=C[C@@H](OC(=O)[C@@](OC)(c2ccccc2)C(F)(F)F)C1. The van der Waals surface area contributed by atoms with E-state index in [1.165, 1.54) is 31.4 Å². The molecule has 0 fully saturated rings. The summed E-state index contributed by atoms with van der Waals surface area (Å²) in [5.74, 6) is -2.26. The summed E-state index contributed by atoms with van der Waals surface area (Å²) in [6.07, 6.45) is -2.54. The van der Waals surface area contributed by atoms with Crippen molar-refractivity contribution in [2.45, 2.75) is 30.7 Å². The number of allylic oxidation sites excluding steroid dienone is 1. The summed E-state index contributed by atoms with van der Waals surface area (Å²) >= 11 is 0. The Hall–Kier alpha value is -2.35. The van der Waals surface area contributed by atoms with Crippen LogP contribution in [-0.4, -0.2) is 38.4 Å². The summed E-state index contributed by atoms with van der Waals surface area (Å²) in [7, 11) is 2.06. The van der Waals surface area contributed by atoms with Crippen LogP contribution in [0.15, 0.2) is 42.5 Å². The van der Waals surface area contributed by atoms with Crippen molar-refractivity contribution in [1.82, 2.24) is 0 Å². The Balaban J connectivity index is 2.19. The van der Waals surface area contributed by atoms with Crippen molar-refractivity contribution in [2.75, 3.05) is 14.2 Å². The van der Waals surface area contributed by atoms with Crippen LogP contribution in [0.25, 0.3) is 0 Å². The highest BCUT2D eigenvalue weighted by Crippen LogP contribution is 2.43. The van der Waals surface area contributed by atoms with E-state index in [1.54, 1.807) is 6.08 Å². The molecule has 1 aliphatic carbocycles. The van der Waals surface area contributed by atoms with Crippen LogP contribution in [0.4, 0.5) is 13.2 Å². The van der Waals surface area contributed by atoms with Crippen LogP contribution >= 0.6 is 0 Å². The number of hydrogen-bond acceptors (Lipinski definition) is 5. The van der Waals surface area contributed by atoms with Gasteiger partial charge in [-0.25, -0.2) is 4.79 Å². The minimum absolute atomic E-state index is 0.0639. The van der Waals surface area contributed by atoms with Crippen molar-refractivity contribution in [3.05, 3.63) is 48.0 Å². The van der Waals surface area contributed by atoms with Crippen molar-refractivity contribution in [3.63, 3.8) is 0 Å². The molecular weight excluding hydrogens is 353 g/mol. The fourth-order valence-electron chi connectivity index (χ4n) is 2.88. The molecule has 1 aliphatic rings. The molecule has 1 aromatic rings. The molecule has 1 aromatic carbocycles. The average molecular weight is 372 g/mol. The van der Waals surface area contributed by atoms with Gasteiger partial charge in [-0.3, -0.25) is 4.79 Å². The van der Waals surface area contributed by atoms with Crippen LogP contribution in [-0.2, 0) is 29.4 Å². The van der Waals surface area contributed by atoms with E-state index in [4.69, 9.17) is 4.74 Å². The van der Waals surface area contributed by atoms with E-state index in [2.05, 4.69) is 9.47 Å². The number of rotatable bonds is 6. The first-order valence-corrected chi connectivity index (χ1v) is 7.88. The molecule has 2 rings (SSSR count). The molecule has 0 bridgehead atoms. The van der Waals surface area contributed by atoms with Gasteiger partial charge in [0.2, 0.25) is 0 Å². The van der Waals surface area contributed by atoms with Gasteiger partial charge in [-0.15, -0.1) is 0 Å². The Morgan fingerprint density at radius 1 is 1.12 bits per heavy atom. The molecule has 0 heterocycles. The molecule has 0 N–H and O–H groups in total. The van der Waals surface area contributed by atoms with Crippen molar-refractivity contribution in [1.29, 1.82) is 0 Å². The molecule has 0 spiro atoms. The van der Waals surface area contributed by atoms with Gasteiger partial charge in [-0.2, -0.15) is 13.2 Å². The van der Waals surface area contributed by atoms with Gasteiger partial charge in [-0.1, -0.05) is 36.4 Å². The third-order valence-corrected chi connectivity index (χ3v) is 4.22. The van der Waals surface area contributed by atoms with Crippen LogP contribution in [0.1, 0.15) is 18.4 Å². The van der Waals surface area contributed by atoms with E-state index in [9.17, 15) is 22.8 Å². The van der Waals surface area contributed by atoms with E-state index in [0.717, 1.165) is 19.2 Å². The third-order valence-electron chi connectivity index (χ3n) is 4.22. The lowest BCUT2D eigenvalue weighted by Crippen LogP contribution is -2.52. The van der Waals surface area contributed by atoms with E-state index in [-0.39, 0.29) is 24.3 Å². The first kappa shape index (κ1) is 20.0. The quantitative estimate of drug-likeness (QED) is 0.567. The van der Waals surface area contributed by atoms with Crippen LogP contribution in [0, 0.1) is 5.92 Å². The maximum absolute atomic E-state index is 13.8. The summed E-state index contributed by atoms with van der Waals surface area (Å²) in [5.41, 5.74) is -3.59. The zero-order valence-corrected chi connectivity index (χ0v) is 14.3. The Bertz CT molecular complexity index is 671. The van der Waals surface area contributed by atoms with Gasteiger partial charge >= 0.3 is 18.1 Å². The average Bonchev–Trinajstić information content (AvgIpc) is 3.02. The maximum atomic E-state index is 13.8. The van der Waals surface area contributed by atoms with E-state index in [0.29, 0.717) is 0 Å². The summed E-state index contributed by atoms with van der Waals surface area (Å²) in [5, 5.41) is 0. The highest BCUT2D eigenvalue weighted by molar-refractivity contribution is 5.83. The molecular formula is C18H19F3O5. The minimum Gasteiger partial charge on any atom is -0.469 e. The third kappa shape index (κ3) is 3.90. The molecule has 0 aliphatic heterocycles. The Kier molecular flexibility index (Phi) is 6.07. The lowest BCUT2D eigenvalue weighted by atomic mass is 9.92. The first-order valence-electron chi connectivity index (χ1n) is 7.88. The number of halogens is 3. The fraction of sp³-hybridized carbons (Fsp3) is 0.444. The van der Waals surface area contributed by atoms with Gasteiger partial charge in [0.05, 0.1) is 13.5 Å². The second-order valence-electron chi connectivity index (χ2n) is 5.85. The number of benzene rings is 1. The number of hydrogen-bond donors (Lipinski definition) is 0. The van der Waals surface area contributed by atoms with Gasteiger partial charge in [0.15, 0.2) is 0 Å². The van der Waals surface area contributed by atoms with Gasteiger partial charge in [0.1, 0.15) is 6.10 Å². The van der Waals surface area contributed by atoms with E-state index in [1.807, 2.05) is 0 Å². The predicted octanol–water partition coefficient (Wildman–Crippen LogP) is 3.14. The number of carbonyl (C=O) groups is 2. The minimum atomic E-state index is -5.02. The van der Waals surface area contributed by atoms with Crippen molar-refractivity contribution < 1.29 is 37.0 Å². The summed E-state index contributed by atoms with van der Waals surface area (Å²) < 4.78 is 55.6. The fourth-order valence-corrected chi connectivity index (χ4v) is 2.88. The molecule has 26 heavy (non-hydrogen) atoms. The number of alkyl halides is 3. The standard InChI is InChI=1S/C18H19F3O5/c1-24-15(22)11-12-8-9-14(10-12)26-16(23)17(25-2,18(19,20)21)13-6-4-3-5-7-13/h3-9,12,14H,10-11H2,1-2H3/t12-,14+,17-/m0/s1. The molecule has 3 atom stereocenters. The lowest BCUT2D eigenvalue weighted by molar-refractivity contribution is -0.277. The highest BCUT2D eigenvalue weighted by Gasteiger charge is 2.64. The second kappa shape index (κ2) is 7.90. The topological polar surface area (TPSA) is 61.8 Å². The molecule has 5 nitrogen and oxygen atoms in total. The molecule has 0 unspecified atom stereocenters. The zero-order valence-electron chi connectivity index (χ0n) is 14.3. The molecule has 0 radical (unpaired) electrons. The smallest absolute Gasteiger partial charge is 0.432 e. The highest BCUT2D eigenvalue weighted by atomic mass is 19.4. The van der Waals surface area contributed by atoms with Crippen molar-refractivity contribution in [3.8, 4) is 0 Å². The van der Waals surface area contributed by atoms with Crippen molar-refractivity contribution >= 4 is 11.9 Å². The Morgan fingerprint density at radius 3 is 2.31 bits per heavy atom. The normalized spacial score (nSPS) is 21.9. The molecule has 0 saturated heterocycles. The van der Waals surface area contributed by atoms with Gasteiger partial charge in [0, 0.05) is 12.7 Å². The summed E-state index contributed by atoms with van der Waals surface area (Å²) in [6, 6.07) is 6.60. The first-order chi connectivity index (χ1) is 12.2. The number of ether oxygens (including phenoxy) is 3. The molecule has 0 aromatic heterocycles. The van der Waals surface area contributed by atoms with Gasteiger partial charge in [-0.05, 0) is 18.4 Å². The summed E-state index contributed by atoms with van der Waals surface area (Å²) in [4.78, 5) is 23.8. The second-order valence-corrected chi connectivity index (χ2v) is 5.85. The number of carbonyl (C=O) groups excluding carboxylic acids is 2. The lowest BCUT2D eigenvalue weighted by Gasteiger charge is -2.33. The van der Waals surface area contributed by atoms with Crippen LogP contribution in [0.2, 0.25) is 0 Å². The molecule has 0 amide bonds. The Labute approximate surface area is 148 Å². The maximum Gasteiger partial charge on any atom is 0.432 e. The van der Waals surface area contributed by atoms with Crippen molar-refractivity contribution in [2.24, 2.45) is 5.92 Å². The number of methoxy groups -OCH3 is 2. The van der Waals surface area contributed by atoms with E-state index >= 15 is 0 Å². The number of esters is 2. The molecule has 8 heteroatoms. The zero-order chi connectivity index (χ0) is 19.4. The van der Waals surface area contributed by atoms with E-state index < -0.39 is 29.8 Å². The van der Waals surface area contributed by atoms with Crippen LogP contribution in [0.3, 0.4) is 0 Å².